The summed E-state index contributed by atoms with van der Waals surface area (Å²) in [5, 5.41) is 1.18. The Morgan fingerprint density at radius 1 is 1.36 bits per heavy atom. The van der Waals surface area contributed by atoms with E-state index in [2.05, 4.69) is 17.2 Å². The number of benzene rings is 1. The highest BCUT2D eigenvalue weighted by molar-refractivity contribution is 8.20. The van der Waals surface area contributed by atoms with Gasteiger partial charge in [-0.3, -0.25) is 4.79 Å². The van der Waals surface area contributed by atoms with Gasteiger partial charge in [-0.05, 0) is 18.2 Å². The molecule has 0 amide bonds. The number of methoxy groups -OCH3 is 1. The third kappa shape index (κ3) is 2.94. The molecule has 2 aromatic rings. The molecule has 1 saturated heterocycles. The first-order valence-electron chi connectivity index (χ1n) is 7.21. The predicted octanol–water partition coefficient (Wildman–Crippen LogP) is 3.76. The summed E-state index contributed by atoms with van der Waals surface area (Å²) in [6.45, 7) is 1.91. The van der Waals surface area contributed by atoms with Gasteiger partial charge in [-0.25, -0.2) is 0 Å². The van der Waals surface area contributed by atoms with Crippen LogP contribution >= 0.6 is 23.5 Å². The van der Waals surface area contributed by atoms with Gasteiger partial charge in [0.15, 0.2) is 0 Å². The van der Waals surface area contributed by atoms with Gasteiger partial charge in [0.05, 0.1) is 17.8 Å². The Bertz CT molecular complexity index is 677. The minimum atomic E-state index is -0.219. The third-order valence-corrected chi connectivity index (χ3v) is 7.35. The van der Waals surface area contributed by atoms with Crippen LogP contribution in [0.1, 0.15) is 18.9 Å². The molecule has 3 rings (SSSR count). The van der Waals surface area contributed by atoms with Crippen LogP contribution in [-0.2, 0) is 13.6 Å². The normalized spacial score (nSPS) is 16.8. The van der Waals surface area contributed by atoms with Crippen molar-refractivity contribution in [3.8, 4) is 5.75 Å². The van der Waals surface area contributed by atoms with E-state index in [9.17, 15) is 4.79 Å². The number of carbonyl (C=O) groups is 1. The van der Waals surface area contributed by atoms with Crippen LogP contribution in [0.4, 0.5) is 0 Å². The van der Waals surface area contributed by atoms with Crippen LogP contribution in [0.25, 0.3) is 10.9 Å². The molecule has 118 valence electrons. The number of H-pyrrole nitrogens is 1. The van der Waals surface area contributed by atoms with Crippen LogP contribution < -0.4 is 4.74 Å². The Labute approximate surface area is 138 Å². The Kier molecular flexibility index (Phi) is 4.59. The van der Waals surface area contributed by atoms with Crippen molar-refractivity contribution < 1.29 is 14.3 Å². The number of thioether (sulfide) groups is 2. The van der Waals surface area contributed by atoms with Crippen molar-refractivity contribution in [1.29, 1.82) is 0 Å². The lowest BCUT2D eigenvalue weighted by molar-refractivity contribution is -0.141. The SMILES string of the molecule is COc1ccc2[nH]cc(C3(CCOC(C)=O)SCCS3)c2c1. The van der Waals surface area contributed by atoms with Gasteiger partial charge in [-0.1, -0.05) is 0 Å². The van der Waals surface area contributed by atoms with E-state index >= 15 is 0 Å². The number of hydrogen-bond acceptors (Lipinski definition) is 5. The van der Waals surface area contributed by atoms with Crippen LogP contribution in [0.2, 0.25) is 0 Å². The lowest BCUT2D eigenvalue weighted by Crippen LogP contribution is -2.18. The van der Waals surface area contributed by atoms with E-state index in [0.717, 1.165) is 29.2 Å². The number of ether oxygens (including phenoxy) is 2. The molecule has 1 aliphatic heterocycles. The van der Waals surface area contributed by atoms with Gasteiger partial charge in [-0.2, -0.15) is 0 Å². The Morgan fingerprint density at radius 3 is 2.82 bits per heavy atom. The van der Waals surface area contributed by atoms with E-state index in [1.54, 1.807) is 7.11 Å². The minimum Gasteiger partial charge on any atom is -0.497 e. The van der Waals surface area contributed by atoms with E-state index in [1.165, 1.54) is 17.9 Å². The number of fused-ring (bicyclic) bond motifs is 1. The first-order chi connectivity index (χ1) is 10.6. The maximum atomic E-state index is 11.0. The lowest BCUT2D eigenvalue weighted by Gasteiger charge is -2.27. The number of rotatable bonds is 5. The summed E-state index contributed by atoms with van der Waals surface area (Å²) in [4.78, 5) is 14.4. The molecule has 0 unspecified atom stereocenters. The molecule has 4 nitrogen and oxygen atoms in total. The zero-order chi connectivity index (χ0) is 15.6. The molecular weight excluding hydrogens is 318 g/mol. The summed E-state index contributed by atoms with van der Waals surface area (Å²) in [5.41, 5.74) is 2.37. The number of aromatic nitrogens is 1. The molecule has 0 aliphatic carbocycles. The Balaban J connectivity index is 1.95. The van der Waals surface area contributed by atoms with Gasteiger partial charge >= 0.3 is 5.97 Å². The van der Waals surface area contributed by atoms with Gasteiger partial charge in [0.2, 0.25) is 0 Å². The van der Waals surface area contributed by atoms with Crippen molar-refractivity contribution in [1.82, 2.24) is 4.98 Å². The fraction of sp³-hybridized carbons (Fsp3) is 0.438. The number of hydrogen-bond donors (Lipinski definition) is 1. The summed E-state index contributed by atoms with van der Waals surface area (Å²) in [6, 6.07) is 6.08. The summed E-state index contributed by atoms with van der Waals surface area (Å²) in [6.07, 6.45) is 2.90. The highest BCUT2D eigenvalue weighted by Gasteiger charge is 2.39. The smallest absolute Gasteiger partial charge is 0.302 e. The van der Waals surface area contributed by atoms with Crippen LogP contribution in [-0.4, -0.2) is 36.2 Å². The molecule has 0 spiro atoms. The highest BCUT2D eigenvalue weighted by atomic mass is 32.2. The summed E-state index contributed by atoms with van der Waals surface area (Å²) in [7, 11) is 1.68. The van der Waals surface area contributed by atoms with Crippen LogP contribution in [0.3, 0.4) is 0 Å². The van der Waals surface area contributed by atoms with E-state index < -0.39 is 0 Å². The number of aromatic amines is 1. The van der Waals surface area contributed by atoms with Gasteiger partial charge in [-0.15, -0.1) is 23.5 Å². The quantitative estimate of drug-likeness (QED) is 0.842. The fourth-order valence-electron chi connectivity index (χ4n) is 2.76. The van der Waals surface area contributed by atoms with E-state index in [4.69, 9.17) is 9.47 Å². The second kappa shape index (κ2) is 6.46. The Hall–Kier alpha value is -1.27. The maximum absolute atomic E-state index is 11.0. The topological polar surface area (TPSA) is 51.3 Å². The molecule has 0 atom stereocenters. The average molecular weight is 337 g/mol. The molecule has 1 aromatic heterocycles. The third-order valence-electron chi connectivity index (χ3n) is 3.79. The zero-order valence-electron chi connectivity index (χ0n) is 12.7. The average Bonchev–Trinajstić information content (AvgIpc) is 3.13. The van der Waals surface area contributed by atoms with Crippen molar-refractivity contribution in [2.75, 3.05) is 25.2 Å². The molecular formula is C16H19NO3S2. The first kappa shape index (κ1) is 15.6. The standard InChI is InChI=1S/C16H19NO3S2/c1-11(18)20-6-5-16(21-7-8-22-16)14-10-17-15-4-3-12(19-2)9-13(14)15/h3-4,9-10,17H,5-8H2,1-2H3. The van der Waals surface area contributed by atoms with Gasteiger partial charge in [0, 0.05) is 47.5 Å². The number of carbonyl (C=O) groups excluding carboxylic acids is 1. The van der Waals surface area contributed by atoms with Crippen LogP contribution in [0.5, 0.6) is 5.75 Å². The second-order valence-corrected chi connectivity index (χ2v) is 8.20. The molecule has 1 fully saturated rings. The lowest BCUT2D eigenvalue weighted by atomic mass is 10.1. The summed E-state index contributed by atoms with van der Waals surface area (Å²) in [5.74, 6) is 2.86. The van der Waals surface area contributed by atoms with Gasteiger partial charge < -0.3 is 14.5 Å². The van der Waals surface area contributed by atoms with Crippen LogP contribution in [0, 0.1) is 0 Å². The van der Waals surface area contributed by atoms with Crippen LogP contribution in [0.15, 0.2) is 24.4 Å². The summed E-state index contributed by atoms with van der Waals surface area (Å²) >= 11 is 3.88. The molecule has 1 aliphatic rings. The van der Waals surface area contributed by atoms with E-state index in [0.29, 0.717) is 6.61 Å². The van der Waals surface area contributed by atoms with Gasteiger partial charge in [0.25, 0.3) is 0 Å². The highest BCUT2D eigenvalue weighted by Crippen LogP contribution is 2.56. The molecule has 1 N–H and O–H groups in total. The number of esters is 1. The monoisotopic (exact) mass is 337 g/mol. The van der Waals surface area contributed by atoms with Crippen molar-refractivity contribution in [2.45, 2.75) is 17.4 Å². The maximum Gasteiger partial charge on any atom is 0.302 e. The van der Waals surface area contributed by atoms with E-state index in [1.807, 2.05) is 35.7 Å². The summed E-state index contributed by atoms with van der Waals surface area (Å²) < 4.78 is 10.5. The fourth-order valence-corrected chi connectivity index (χ4v) is 6.02. The molecule has 22 heavy (non-hydrogen) atoms. The van der Waals surface area contributed by atoms with Crippen molar-refractivity contribution in [3.05, 3.63) is 30.0 Å². The molecule has 0 radical (unpaired) electrons. The molecule has 0 saturated carbocycles. The largest absolute Gasteiger partial charge is 0.497 e. The van der Waals surface area contributed by atoms with Crippen molar-refractivity contribution >= 4 is 40.4 Å². The predicted molar refractivity (Wildman–Crippen MR) is 92.7 cm³/mol. The molecule has 2 heterocycles. The Morgan fingerprint density at radius 2 is 2.14 bits per heavy atom. The van der Waals surface area contributed by atoms with Gasteiger partial charge in [0.1, 0.15) is 5.75 Å². The zero-order valence-corrected chi connectivity index (χ0v) is 14.3. The molecule has 6 heteroatoms. The van der Waals surface area contributed by atoms with E-state index in [-0.39, 0.29) is 10.0 Å². The second-order valence-electron chi connectivity index (χ2n) is 5.15. The van der Waals surface area contributed by atoms with Crippen molar-refractivity contribution in [2.24, 2.45) is 0 Å². The molecule has 1 aromatic carbocycles. The van der Waals surface area contributed by atoms with Crippen molar-refractivity contribution in [3.63, 3.8) is 0 Å². The number of nitrogens with one attached hydrogen (secondary N) is 1. The minimum absolute atomic E-state index is 0.0555. The first-order valence-corrected chi connectivity index (χ1v) is 9.19. The molecule has 0 bridgehead atoms.